The summed E-state index contributed by atoms with van der Waals surface area (Å²) in [6, 6.07) is 5.80. The van der Waals surface area contributed by atoms with Gasteiger partial charge in [0.15, 0.2) is 0 Å². The van der Waals surface area contributed by atoms with Gasteiger partial charge in [-0.05, 0) is 18.6 Å². The van der Waals surface area contributed by atoms with Crippen molar-refractivity contribution in [2.45, 2.75) is 12.6 Å². The SMILES string of the molecule is O=C(ON1C(=O)c2ccccc2C1=O)[C@@H]1C[C@H]1C(F)(F)F. The van der Waals surface area contributed by atoms with Crippen LogP contribution in [0.4, 0.5) is 13.2 Å². The molecule has 0 aromatic heterocycles. The minimum absolute atomic E-state index is 0.0541. The van der Waals surface area contributed by atoms with E-state index in [4.69, 9.17) is 0 Å². The second kappa shape index (κ2) is 4.31. The number of alkyl halides is 3. The van der Waals surface area contributed by atoms with Crippen LogP contribution in [0.1, 0.15) is 27.1 Å². The lowest BCUT2D eigenvalue weighted by molar-refractivity contribution is -0.178. The number of hydroxylamine groups is 2. The number of fused-ring (bicyclic) bond motifs is 1. The molecule has 0 unspecified atom stereocenters. The number of halogens is 3. The summed E-state index contributed by atoms with van der Waals surface area (Å²) in [5, 5.41) is 0.221. The molecule has 0 radical (unpaired) electrons. The maximum atomic E-state index is 12.4. The minimum Gasteiger partial charge on any atom is -0.329 e. The van der Waals surface area contributed by atoms with Gasteiger partial charge in [0.2, 0.25) is 0 Å². The molecular weight excluding hydrogens is 291 g/mol. The molecular formula is C13H8F3NO4. The molecule has 2 atom stereocenters. The van der Waals surface area contributed by atoms with Gasteiger partial charge in [0.05, 0.1) is 23.0 Å². The third-order valence-electron chi connectivity index (χ3n) is 3.45. The van der Waals surface area contributed by atoms with Crippen LogP contribution < -0.4 is 0 Å². The van der Waals surface area contributed by atoms with Crippen LogP contribution in [0.15, 0.2) is 24.3 Å². The number of nitrogens with zero attached hydrogens (tertiary/aromatic N) is 1. The lowest BCUT2D eigenvalue weighted by atomic mass is 10.1. The standard InChI is InChI=1S/C13H8F3NO4/c14-13(15,16)9-5-8(9)12(20)21-17-10(18)6-3-1-2-4-7(6)11(17)19/h1-4,8-9H,5H2/t8-,9-/m1/s1. The van der Waals surface area contributed by atoms with E-state index in [1.807, 2.05) is 0 Å². The summed E-state index contributed by atoms with van der Waals surface area (Å²) < 4.78 is 37.1. The smallest absolute Gasteiger partial charge is 0.329 e. The summed E-state index contributed by atoms with van der Waals surface area (Å²) in [7, 11) is 0. The summed E-state index contributed by atoms with van der Waals surface area (Å²) in [4.78, 5) is 39.9. The quantitative estimate of drug-likeness (QED) is 0.783. The Morgan fingerprint density at radius 3 is 2.10 bits per heavy atom. The Morgan fingerprint density at radius 2 is 1.67 bits per heavy atom. The molecule has 1 aromatic rings. The van der Waals surface area contributed by atoms with Crippen molar-refractivity contribution in [1.82, 2.24) is 5.06 Å². The maximum absolute atomic E-state index is 12.4. The highest BCUT2D eigenvalue weighted by atomic mass is 19.4. The minimum atomic E-state index is -4.48. The van der Waals surface area contributed by atoms with Crippen molar-refractivity contribution in [3.8, 4) is 0 Å². The van der Waals surface area contributed by atoms with Crippen LogP contribution in [0.25, 0.3) is 0 Å². The first-order chi connectivity index (χ1) is 9.80. The van der Waals surface area contributed by atoms with Crippen molar-refractivity contribution >= 4 is 17.8 Å². The molecule has 1 aliphatic heterocycles. The Bertz CT molecular complexity index is 620. The van der Waals surface area contributed by atoms with E-state index in [2.05, 4.69) is 4.84 Å². The number of benzene rings is 1. The molecule has 8 heteroatoms. The summed E-state index contributed by atoms with van der Waals surface area (Å²) in [6.07, 6.45) is -4.86. The summed E-state index contributed by atoms with van der Waals surface area (Å²) >= 11 is 0. The summed E-state index contributed by atoms with van der Waals surface area (Å²) in [5.41, 5.74) is 0.108. The average molecular weight is 299 g/mol. The largest absolute Gasteiger partial charge is 0.392 e. The predicted molar refractivity (Wildman–Crippen MR) is 60.7 cm³/mol. The number of amides is 2. The van der Waals surface area contributed by atoms with E-state index < -0.39 is 35.8 Å². The zero-order valence-electron chi connectivity index (χ0n) is 10.4. The van der Waals surface area contributed by atoms with E-state index in [1.54, 1.807) is 0 Å². The Hall–Kier alpha value is -2.38. The Labute approximate surface area is 116 Å². The highest BCUT2D eigenvalue weighted by Crippen LogP contribution is 2.50. The Kier molecular flexibility index (Phi) is 2.79. The lowest BCUT2D eigenvalue weighted by Crippen LogP contribution is -2.33. The number of imide groups is 1. The van der Waals surface area contributed by atoms with Crippen LogP contribution in [0.3, 0.4) is 0 Å². The van der Waals surface area contributed by atoms with E-state index in [9.17, 15) is 27.6 Å². The van der Waals surface area contributed by atoms with Gasteiger partial charge in [0, 0.05) is 0 Å². The average Bonchev–Trinajstić information content (AvgIpc) is 3.20. The van der Waals surface area contributed by atoms with Gasteiger partial charge >= 0.3 is 12.1 Å². The summed E-state index contributed by atoms with van der Waals surface area (Å²) in [5.74, 6) is -6.04. The number of carbonyl (C=O) groups is 3. The van der Waals surface area contributed by atoms with Gasteiger partial charge in [-0.1, -0.05) is 17.2 Å². The third kappa shape index (κ3) is 2.16. The van der Waals surface area contributed by atoms with E-state index >= 15 is 0 Å². The molecule has 2 amide bonds. The maximum Gasteiger partial charge on any atom is 0.392 e. The molecule has 0 bridgehead atoms. The molecule has 3 rings (SSSR count). The highest BCUT2D eigenvalue weighted by Gasteiger charge is 2.60. The first-order valence-electron chi connectivity index (χ1n) is 6.07. The fourth-order valence-corrected chi connectivity index (χ4v) is 2.22. The van der Waals surface area contributed by atoms with Crippen LogP contribution in [0.2, 0.25) is 0 Å². The number of carbonyl (C=O) groups excluding carboxylic acids is 3. The number of rotatable bonds is 2. The second-order valence-electron chi connectivity index (χ2n) is 4.85. The fourth-order valence-electron chi connectivity index (χ4n) is 2.22. The van der Waals surface area contributed by atoms with Gasteiger partial charge in [0.25, 0.3) is 11.8 Å². The normalized spacial score (nSPS) is 24.0. The zero-order chi connectivity index (χ0) is 15.4. The van der Waals surface area contributed by atoms with Crippen molar-refractivity contribution in [3.63, 3.8) is 0 Å². The Morgan fingerprint density at radius 1 is 1.14 bits per heavy atom. The molecule has 1 aromatic carbocycles. The van der Waals surface area contributed by atoms with Crippen LogP contribution >= 0.6 is 0 Å². The van der Waals surface area contributed by atoms with Crippen molar-refractivity contribution in [1.29, 1.82) is 0 Å². The second-order valence-corrected chi connectivity index (χ2v) is 4.85. The van der Waals surface area contributed by atoms with Gasteiger partial charge in [-0.25, -0.2) is 4.79 Å². The molecule has 0 N–H and O–H groups in total. The van der Waals surface area contributed by atoms with Crippen molar-refractivity contribution in [2.24, 2.45) is 11.8 Å². The molecule has 1 saturated carbocycles. The van der Waals surface area contributed by atoms with Crippen LogP contribution in [0.5, 0.6) is 0 Å². The van der Waals surface area contributed by atoms with E-state index in [0.29, 0.717) is 0 Å². The summed E-state index contributed by atoms with van der Waals surface area (Å²) in [6.45, 7) is 0. The van der Waals surface area contributed by atoms with Gasteiger partial charge in [-0.3, -0.25) is 9.59 Å². The first-order valence-corrected chi connectivity index (χ1v) is 6.07. The molecule has 21 heavy (non-hydrogen) atoms. The molecule has 1 heterocycles. The van der Waals surface area contributed by atoms with Crippen LogP contribution in [0, 0.1) is 11.8 Å². The predicted octanol–water partition coefficient (Wildman–Crippen LogP) is 1.94. The first kappa shape index (κ1) is 13.6. The van der Waals surface area contributed by atoms with Crippen molar-refractivity contribution < 1.29 is 32.4 Å². The molecule has 0 saturated heterocycles. The third-order valence-corrected chi connectivity index (χ3v) is 3.45. The topological polar surface area (TPSA) is 63.7 Å². The Balaban J connectivity index is 1.72. The van der Waals surface area contributed by atoms with E-state index in [1.165, 1.54) is 24.3 Å². The molecule has 1 fully saturated rings. The van der Waals surface area contributed by atoms with Crippen molar-refractivity contribution in [2.75, 3.05) is 0 Å². The monoisotopic (exact) mass is 299 g/mol. The number of hydrogen-bond acceptors (Lipinski definition) is 4. The van der Waals surface area contributed by atoms with Crippen molar-refractivity contribution in [3.05, 3.63) is 35.4 Å². The molecule has 5 nitrogen and oxygen atoms in total. The highest BCUT2D eigenvalue weighted by molar-refractivity contribution is 6.20. The van der Waals surface area contributed by atoms with Gasteiger partial charge in [0.1, 0.15) is 0 Å². The molecule has 1 aliphatic carbocycles. The lowest BCUT2D eigenvalue weighted by Gasteiger charge is -2.13. The zero-order valence-corrected chi connectivity index (χ0v) is 10.4. The fraction of sp³-hybridized carbons (Fsp3) is 0.308. The van der Waals surface area contributed by atoms with Crippen LogP contribution in [-0.4, -0.2) is 29.0 Å². The van der Waals surface area contributed by atoms with E-state index in [0.717, 1.165) is 0 Å². The van der Waals surface area contributed by atoms with E-state index in [-0.39, 0.29) is 22.6 Å². The molecule has 2 aliphatic rings. The van der Waals surface area contributed by atoms with Gasteiger partial charge < -0.3 is 4.84 Å². The number of hydrogen-bond donors (Lipinski definition) is 0. The molecule has 0 spiro atoms. The molecule has 110 valence electrons. The van der Waals surface area contributed by atoms with Gasteiger partial charge in [-0.2, -0.15) is 13.2 Å². The van der Waals surface area contributed by atoms with Gasteiger partial charge in [-0.15, -0.1) is 0 Å². The van der Waals surface area contributed by atoms with Crippen LogP contribution in [-0.2, 0) is 9.63 Å².